The zero-order valence-electron chi connectivity index (χ0n) is 14.9. The highest BCUT2D eigenvalue weighted by Crippen LogP contribution is 2.21. The molecule has 1 heterocycles. The molecule has 0 aliphatic heterocycles. The van der Waals surface area contributed by atoms with Gasteiger partial charge < -0.3 is 15.2 Å². The molecular weight excluding hydrogens is 360 g/mol. The van der Waals surface area contributed by atoms with E-state index in [1.54, 1.807) is 24.3 Å². The Morgan fingerprint density at radius 3 is 2.48 bits per heavy atom. The van der Waals surface area contributed by atoms with E-state index in [-0.39, 0.29) is 17.4 Å². The summed E-state index contributed by atoms with van der Waals surface area (Å²) < 4.78 is 32.1. The topological polar surface area (TPSA) is 93.5 Å². The van der Waals surface area contributed by atoms with Gasteiger partial charge in [-0.2, -0.15) is 5.10 Å². The van der Waals surface area contributed by atoms with Crippen molar-refractivity contribution >= 4 is 11.9 Å². The normalized spacial score (nSPS) is 12.2. The summed E-state index contributed by atoms with van der Waals surface area (Å²) in [5.74, 6) is -2.12. The molecule has 9 heteroatoms. The van der Waals surface area contributed by atoms with Crippen molar-refractivity contribution < 1.29 is 28.2 Å². The lowest BCUT2D eigenvalue weighted by Gasteiger charge is -2.14. The third-order valence-corrected chi connectivity index (χ3v) is 3.51. The summed E-state index contributed by atoms with van der Waals surface area (Å²) in [5.41, 5.74) is 0.494. The lowest BCUT2D eigenvalue weighted by atomic mass is 10.2. The van der Waals surface area contributed by atoms with E-state index in [9.17, 15) is 18.4 Å². The predicted molar refractivity (Wildman–Crippen MR) is 93.4 cm³/mol. The number of carbonyl (C=O) groups excluding carboxylic acids is 1. The molecule has 1 unspecified atom stereocenters. The molecule has 27 heavy (non-hydrogen) atoms. The van der Waals surface area contributed by atoms with Crippen molar-refractivity contribution in [2.75, 3.05) is 6.61 Å². The van der Waals surface area contributed by atoms with Gasteiger partial charge in [-0.15, -0.1) is 0 Å². The third kappa shape index (κ3) is 5.77. The summed E-state index contributed by atoms with van der Waals surface area (Å²) in [6, 6.07) is 7.19. The van der Waals surface area contributed by atoms with Gasteiger partial charge in [0.1, 0.15) is 6.04 Å². The molecule has 2 rings (SSSR count). The number of nitrogens with one attached hydrogen (secondary N) is 1. The second kappa shape index (κ2) is 9.11. The maximum Gasteiger partial charge on any atom is 0.326 e. The second-order valence-corrected chi connectivity index (χ2v) is 6.32. The first-order valence-electron chi connectivity index (χ1n) is 8.37. The molecule has 0 saturated carbocycles. The Hall–Kier alpha value is -2.97. The Bertz CT molecular complexity index is 778. The first-order valence-corrected chi connectivity index (χ1v) is 8.37. The van der Waals surface area contributed by atoms with Gasteiger partial charge in [0.2, 0.25) is 6.43 Å². The highest BCUT2D eigenvalue weighted by molar-refractivity contribution is 5.97. The van der Waals surface area contributed by atoms with Gasteiger partial charge in [-0.05, 0) is 18.1 Å². The molecule has 1 aromatic carbocycles. The van der Waals surface area contributed by atoms with E-state index >= 15 is 0 Å². The molecule has 2 aromatic rings. The van der Waals surface area contributed by atoms with Crippen LogP contribution >= 0.6 is 0 Å². The van der Waals surface area contributed by atoms with E-state index < -0.39 is 30.8 Å². The maximum absolute atomic E-state index is 12.6. The van der Waals surface area contributed by atoms with Crippen LogP contribution in [0, 0.1) is 5.92 Å². The van der Waals surface area contributed by atoms with Crippen LogP contribution in [0.5, 0.6) is 5.75 Å². The van der Waals surface area contributed by atoms with E-state index in [0.29, 0.717) is 12.3 Å². The lowest BCUT2D eigenvalue weighted by molar-refractivity contribution is -0.140. The summed E-state index contributed by atoms with van der Waals surface area (Å²) in [7, 11) is 0. The first kappa shape index (κ1) is 20.3. The van der Waals surface area contributed by atoms with Gasteiger partial charge in [-0.1, -0.05) is 32.0 Å². The molecule has 0 fully saturated rings. The number of hydrogen-bond acceptors (Lipinski definition) is 4. The molecule has 0 aliphatic rings. The van der Waals surface area contributed by atoms with E-state index in [1.807, 2.05) is 19.9 Å². The fraction of sp³-hybridized carbons (Fsp3) is 0.389. The van der Waals surface area contributed by atoms with Gasteiger partial charge >= 0.3 is 5.97 Å². The Morgan fingerprint density at radius 2 is 1.93 bits per heavy atom. The van der Waals surface area contributed by atoms with E-state index in [4.69, 9.17) is 9.84 Å². The zero-order valence-corrected chi connectivity index (χ0v) is 14.9. The first-order chi connectivity index (χ1) is 12.8. The van der Waals surface area contributed by atoms with Gasteiger partial charge in [0, 0.05) is 6.42 Å². The number of nitrogens with zero attached hydrogens (tertiary/aromatic N) is 2. The van der Waals surface area contributed by atoms with Gasteiger partial charge in [0.15, 0.2) is 11.4 Å². The van der Waals surface area contributed by atoms with Crippen molar-refractivity contribution in [1.82, 2.24) is 15.1 Å². The molecule has 1 atom stereocenters. The number of hydrogen-bond donors (Lipinski definition) is 2. The van der Waals surface area contributed by atoms with Crippen LogP contribution in [0.1, 0.15) is 30.8 Å². The quantitative estimate of drug-likeness (QED) is 0.697. The molecule has 0 bridgehead atoms. The summed E-state index contributed by atoms with van der Waals surface area (Å²) in [6.45, 7) is 4.15. The molecule has 0 aliphatic carbocycles. The van der Waals surface area contributed by atoms with Gasteiger partial charge in [-0.25, -0.2) is 18.3 Å². The van der Waals surface area contributed by atoms with Crippen LogP contribution in [0.25, 0.3) is 5.69 Å². The number of aliphatic carboxylic acids is 1. The fourth-order valence-electron chi connectivity index (χ4n) is 2.22. The Kier molecular flexibility index (Phi) is 6.86. The number of carboxylic acid groups (broad SMARTS) is 1. The number of ether oxygens (including phenoxy) is 1. The number of halogens is 2. The molecule has 0 spiro atoms. The number of alkyl halides is 2. The average Bonchev–Trinajstić information content (AvgIpc) is 3.04. The van der Waals surface area contributed by atoms with Crippen LogP contribution < -0.4 is 10.1 Å². The smallest absolute Gasteiger partial charge is 0.326 e. The number of amides is 1. The summed E-state index contributed by atoms with van der Waals surface area (Å²) >= 11 is 0. The van der Waals surface area contributed by atoms with Crippen LogP contribution in [0.4, 0.5) is 8.78 Å². The van der Waals surface area contributed by atoms with Gasteiger partial charge in [0.05, 0.1) is 18.5 Å². The number of benzene rings is 1. The minimum Gasteiger partial charge on any atom is -0.489 e. The van der Waals surface area contributed by atoms with Crippen LogP contribution in [0.2, 0.25) is 0 Å². The summed E-state index contributed by atoms with van der Waals surface area (Å²) in [6.07, 6.45) is -2.37. The minimum absolute atomic E-state index is 0.145. The molecule has 0 radical (unpaired) electrons. The van der Waals surface area contributed by atoms with Crippen molar-refractivity contribution in [3.05, 3.63) is 42.2 Å². The van der Waals surface area contributed by atoms with Gasteiger partial charge in [0.25, 0.3) is 5.91 Å². The number of carboxylic acids is 1. The van der Waals surface area contributed by atoms with Crippen molar-refractivity contribution in [3.8, 4) is 11.4 Å². The van der Waals surface area contributed by atoms with Gasteiger partial charge in [-0.3, -0.25) is 4.79 Å². The SMILES string of the molecule is CC(C)COc1cn(-c2ccccc2)nc1C(=O)NC(CC(F)F)C(=O)O. The van der Waals surface area contributed by atoms with E-state index in [2.05, 4.69) is 10.4 Å². The number of aromatic nitrogens is 2. The van der Waals surface area contributed by atoms with Crippen LogP contribution in [-0.4, -0.2) is 45.8 Å². The second-order valence-electron chi connectivity index (χ2n) is 6.32. The number of carbonyl (C=O) groups is 2. The van der Waals surface area contributed by atoms with Crippen molar-refractivity contribution in [1.29, 1.82) is 0 Å². The lowest BCUT2D eigenvalue weighted by Crippen LogP contribution is -2.42. The predicted octanol–water partition coefficient (Wildman–Crippen LogP) is 2.75. The van der Waals surface area contributed by atoms with E-state index in [0.717, 1.165) is 0 Å². The Labute approximate surface area is 154 Å². The summed E-state index contributed by atoms with van der Waals surface area (Å²) in [5, 5.41) is 15.3. The molecular formula is C18H21F2N3O4. The Morgan fingerprint density at radius 1 is 1.26 bits per heavy atom. The molecule has 7 nitrogen and oxygen atoms in total. The fourth-order valence-corrected chi connectivity index (χ4v) is 2.22. The highest BCUT2D eigenvalue weighted by Gasteiger charge is 2.27. The molecule has 2 N–H and O–H groups in total. The van der Waals surface area contributed by atoms with Crippen LogP contribution in [-0.2, 0) is 4.79 Å². The summed E-state index contributed by atoms with van der Waals surface area (Å²) in [4.78, 5) is 23.6. The largest absolute Gasteiger partial charge is 0.489 e. The molecule has 1 aromatic heterocycles. The van der Waals surface area contributed by atoms with Crippen molar-refractivity contribution in [2.24, 2.45) is 5.92 Å². The molecule has 146 valence electrons. The highest BCUT2D eigenvalue weighted by atomic mass is 19.3. The monoisotopic (exact) mass is 381 g/mol. The number of rotatable bonds is 9. The average molecular weight is 381 g/mol. The Balaban J connectivity index is 2.30. The minimum atomic E-state index is -2.87. The van der Waals surface area contributed by atoms with Crippen molar-refractivity contribution in [2.45, 2.75) is 32.7 Å². The maximum atomic E-state index is 12.6. The van der Waals surface area contributed by atoms with Crippen LogP contribution in [0.3, 0.4) is 0 Å². The van der Waals surface area contributed by atoms with Crippen LogP contribution in [0.15, 0.2) is 36.5 Å². The molecule has 0 saturated heterocycles. The third-order valence-electron chi connectivity index (χ3n) is 3.51. The zero-order chi connectivity index (χ0) is 20.0. The van der Waals surface area contributed by atoms with Crippen molar-refractivity contribution in [3.63, 3.8) is 0 Å². The van der Waals surface area contributed by atoms with E-state index in [1.165, 1.54) is 10.9 Å². The molecule has 1 amide bonds. The number of para-hydroxylation sites is 1. The standard InChI is InChI=1S/C18H21F2N3O4/c1-11(2)10-27-14-9-23(12-6-4-3-5-7-12)22-16(14)17(24)21-13(18(25)26)8-15(19)20/h3-7,9,11,13,15H,8,10H2,1-2H3,(H,21,24)(H,25,26).